The van der Waals surface area contributed by atoms with E-state index in [4.69, 9.17) is 43.7 Å². The number of carbonyl (C=O) groups excluding carboxylic acids is 3. The molecule has 1 aromatic rings. The Bertz CT molecular complexity index is 993. The van der Waals surface area contributed by atoms with Gasteiger partial charge in [0, 0.05) is 52.2 Å². The second kappa shape index (κ2) is 30.2. The number of amides is 3. The second-order valence-electron chi connectivity index (χ2n) is 9.40. The molecule has 0 saturated carbocycles. The van der Waals surface area contributed by atoms with E-state index in [1.165, 1.54) is 14.2 Å². The van der Waals surface area contributed by atoms with E-state index < -0.39 is 30.7 Å². The molecule has 1 rings (SSSR count). The molecule has 0 aliphatic heterocycles. The van der Waals surface area contributed by atoms with Gasteiger partial charge in [-0.05, 0) is 35.8 Å². The lowest BCUT2D eigenvalue weighted by molar-refractivity contribution is -0.181. The third-order valence-corrected chi connectivity index (χ3v) is 8.02. The smallest absolute Gasteiger partial charge is 0.407 e. The molecule has 0 aromatic carbocycles. The highest BCUT2D eigenvalue weighted by Gasteiger charge is 2.17. The van der Waals surface area contributed by atoms with Crippen molar-refractivity contribution in [2.24, 2.45) is 0 Å². The lowest BCUT2D eigenvalue weighted by Gasteiger charge is -2.21. The Morgan fingerprint density at radius 2 is 1.35 bits per heavy atom. The van der Waals surface area contributed by atoms with Crippen LogP contribution in [0.4, 0.5) is 9.59 Å². The molecule has 19 heteroatoms. The number of hydrogen-bond acceptors (Lipinski definition) is 15. The molecular weight excluding hydrogens is 676 g/mol. The van der Waals surface area contributed by atoms with E-state index in [-0.39, 0.29) is 70.5 Å². The first-order valence-electron chi connectivity index (χ1n) is 15.2. The van der Waals surface area contributed by atoms with Crippen LogP contribution >= 0.6 is 21.6 Å². The van der Waals surface area contributed by atoms with Crippen molar-refractivity contribution in [3.8, 4) is 0 Å². The van der Waals surface area contributed by atoms with Crippen LogP contribution in [0.1, 0.15) is 39.5 Å². The highest BCUT2D eigenvalue weighted by Crippen LogP contribution is 2.28. The molecule has 4 unspecified atom stereocenters. The summed E-state index contributed by atoms with van der Waals surface area (Å²) in [5.41, 5.74) is 0. The van der Waals surface area contributed by atoms with Crippen LogP contribution in [0.25, 0.3) is 0 Å². The van der Waals surface area contributed by atoms with Gasteiger partial charge >= 0.3 is 18.2 Å². The Morgan fingerprint density at radius 3 is 1.79 bits per heavy atom. The number of carbonyl (C=O) groups is 4. The predicted octanol–water partition coefficient (Wildman–Crippen LogP) is 1.76. The zero-order valence-corrected chi connectivity index (χ0v) is 29.4. The van der Waals surface area contributed by atoms with Crippen molar-refractivity contribution in [2.45, 2.75) is 69.3 Å². The number of rotatable bonds is 25. The third-order valence-electron chi connectivity index (χ3n) is 5.75. The van der Waals surface area contributed by atoms with E-state index in [2.05, 4.69) is 20.9 Å². The van der Waals surface area contributed by atoms with Gasteiger partial charge in [-0.25, -0.2) is 14.6 Å². The number of methoxy groups -OCH3 is 2. The highest BCUT2D eigenvalue weighted by molar-refractivity contribution is 8.76. The van der Waals surface area contributed by atoms with E-state index in [0.717, 1.165) is 10.8 Å². The number of aliphatic hydroxyl groups excluding tert-OH is 2. The van der Waals surface area contributed by atoms with Gasteiger partial charge in [0.25, 0.3) is 0 Å². The third kappa shape index (κ3) is 25.2. The summed E-state index contributed by atoms with van der Waals surface area (Å²) < 4.78 is 30.5. The van der Waals surface area contributed by atoms with Crippen molar-refractivity contribution in [3.05, 3.63) is 24.4 Å². The summed E-state index contributed by atoms with van der Waals surface area (Å²) in [7, 11) is 5.98. The SMILES string of the molecule is CCC(CO)OC(COC(=O)NCCC(=O)NCCSSc1ccccn1)OC.CCC(CO)OC(COC(=O)NCCC(=O)O)OC. The first kappa shape index (κ1) is 45.1. The number of pyridine rings is 1. The molecule has 48 heavy (non-hydrogen) atoms. The van der Waals surface area contributed by atoms with E-state index in [9.17, 15) is 19.2 Å². The number of aliphatic carboxylic acids is 1. The Balaban J connectivity index is 0.00000101. The van der Waals surface area contributed by atoms with Gasteiger partial charge in [0.2, 0.25) is 5.91 Å². The number of ether oxygens (including phenoxy) is 6. The maximum Gasteiger partial charge on any atom is 0.407 e. The molecule has 0 fully saturated rings. The van der Waals surface area contributed by atoms with E-state index in [1.807, 2.05) is 32.0 Å². The summed E-state index contributed by atoms with van der Waals surface area (Å²) in [4.78, 5) is 49.0. The van der Waals surface area contributed by atoms with Crippen LogP contribution in [-0.4, -0.2) is 135 Å². The molecule has 1 aromatic heterocycles. The average Bonchev–Trinajstić information content (AvgIpc) is 3.09. The molecule has 0 radical (unpaired) electrons. The lowest BCUT2D eigenvalue weighted by Crippen LogP contribution is -2.35. The topological polar surface area (TPSA) is 233 Å². The number of aliphatic hydroxyl groups is 2. The number of hydrogen-bond donors (Lipinski definition) is 6. The van der Waals surface area contributed by atoms with Crippen molar-refractivity contribution >= 4 is 45.7 Å². The van der Waals surface area contributed by atoms with Gasteiger partial charge in [-0.3, -0.25) is 9.59 Å². The fourth-order valence-electron chi connectivity index (χ4n) is 3.05. The molecule has 0 saturated heterocycles. The van der Waals surface area contributed by atoms with E-state index in [1.54, 1.807) is 27.8 Å². The van der Waals surface area contributed by atoms with Gasteiger partial charge in [0.05, 0.1) is 31.8 Å². The average molecular weight is 727 g/mol. The van der Waals surface area contributed by atoms with Gasteiger partial charge in [0.1, 0.15) is 18.2 Å². The van der Waals surface area contributed by atoms with Crippen molar-refractivity contribution in [2.75, 3.05) is 66.0 Å². The number of alkyl carbamates (subject to hydrolysis) is 2. The first-order valence-corrected chi connectivity index (χ1v) is 17.5. The molecule has 3 amide bonds. The monoisotopic (exact) mass is 726 g/mol. The van der Waals surface area contributed by atoms with Crippen molar-refractivity contribution in [3.63, 3.8) is 0 Å². The zero-order valence-electron chi connectivity index (χ0n) is 27.8. The first-order chi connectivity index (χ1) is 23.1. The summed E-state index contributed by atoms with van der Waals surface area (Å²) in [5.74, 6) is -0.416. The van der Waals surface area contributed by atoms with Crippen LogP contribution in [0.2, 0.25) is 0 Å². The second-order valence-corrected chi connectivity index (χ2v) is 11.8. The minimum atomic E-state index is -1.01. The van der Waals surface area contributed by atoms with E-state index >= 15 is 0 Å². The Morgan fingerprint density at radius 1 is 0.812 bits per heavy atom. The van der Waals surface area contributed by atoms with Crippen LogP contribution in [-0.2, 0) is 38.0 Å². The molecule has 0 aliphatic carbocycles. The Hall–Kier alpha value is -2.91. The Labute approximate surface area is 288 Å². The normalized spacial score (nSPS) is 13.1. The van der Waals surface area contributed by atoms with Crippen LogP contribution in [0.15, 0.2) is 29.4 Å². The zero-order chi connectivity index (χ0) is 36.0. The molecule has 0 aliphatic rings. The molecule has 6 N–H and O–H groups in total. The number of nitrogens with one attached hydrogen (secondary N) is 3. The van der Waals surface area contributed by atoms with Gasteiger partial charge in [-0.2, -0.15) is 0 Å². The number of carboxylic acids is 1. The van der Waals surface area contributed by atoms with Crippen LogP contribution in [0.3, 0.4) is 0 Å². The van der Waals surface area contributed by atoms with Gasteiger partial charge in [0.15, 0.2) is 12.6 Å². The fourth-order valence-corrected chi connectivity index (χ4v) is 4.84. The quantitative estimate of drug-likeness (QED) is 0.0479. The highest BCUT2D eigenvalue weighted by atomic mass is 33.1. The molecule has 4 atom stereocenters. The maximum absolute atomic E-state index is 11.8. The molecular formula is C29H50N4O13S2. The van der Waals surface area contributed by atoms with Crippen molar-refractivity contribution in [1.29, 1.82) is 0 Å². The minimum absolute atomic E-state index is 0.0130. The van der Waals surface area contributed by atoms with Gasteiger partial charge in [-0.1, -0.05) is 30.7 Å². The largest absolute Gasteiger partial charge is 0.481 e. The summed E-state index contributed by atoms with van der Waals surface area (Å²) in [5, 5.41) is 34.9. The molecule has 17 nitrogen and oxygen atoms in total. The van der Waals surface area contributed by atoms with Crippen LogP contribution in [0, 0.1) is 0 Å². The van der Waals surface area contributed by atoms with Crippen molar-refractivity contribution < 1.29 is 62.9 Å². The molecule has 0 spiro atoms. The lowest BCUT2D eigenvalue weighted by atomic mass is 10.3. The fraction of sp³-hybridized carbons (Fsp3) is 0.690. The summed E-state index contributed by atoms with van der Waals surface area (Å²) in [6.45, 7) is 3.83. The van der Waals surface area contributed by atoms with Crippen molar-refractivity contribution in [1.82, 2.24) is 20.9 Å². The Kier molecular flexibility index (Phi) is 28.3. The predicted molar refractivity (Wildman–Crippen MR) is 177 cm³/mol. The van der Waals surface area contributed by atoms with Gasteiger partial charge in [-0.15, -0.1) is 0 Å². The summed E-state index contributed by atoms with van der Waals surface area (Å²) in [6, 6.07) is 5.72. The van der Waals surface area contributed by atoms with Gasteiger partial charge < -0.3 is 59.7 Å². The molecule has 1 heterocycles. The number of carboxylic acid groups (broad SMARTS) is 1. The van der Waals surface area contributed by atoms with Crippen LogP contribution < -0.4 is 16.0 Å². The van der Waals surface area contributed by atoms with E-state index in [0.29, 0.717) is 19.4 Å². The molecule has 276 valence electrons. The number of nitrogens with zero attached hydrogens (tertiary/aromatic N) is 1. The maximum atomic E-state index is 11.8. The number of aromatic nitrogens is 1. The summed E-state index contributed by atoms with van der Waals surface area (Å²) >= 11 is 0. The van der Waals surface area contributed by atoms with Crippen LogP contribution in [0.5, 0.6) is 0 Å². The minimum Gasteiger partial charge on any atom is -0.481 e. The molecule has 0 bridgehead atoms. The summed E-state index contributed by atoms with van der Waals surface area (Å²) in [6.07, 6.45) is -0.792. The standard InChI is InChI=1S/C18H29N3O6S2.C11H21NO7/c1-3-14(12-22)27-17(25-2)13-26-18(24)21-9-7-15(23)19-10-11-28-29-16-6-4-5-8-20-16;1-3-8(6-13)19-10(17-2)7-18-11(16)12-5-4-9(14)15/h4-6,8,14,17,22H,3,7,9-13H2,1-2H3,(H,19,23)(H,21,24);8,10,13H,3-7H2,1-2H3,(H,12,16)(H,14,15).